The van der Waals surface area contributed by atoms with Crippen molar-refractivity contribution in [3.05, 3.63) is 52.6 Å². The first-order chi connectivity index (χ1) is 13.3. The number of anilines is 2. The Bertz CT molecular complexity index is 834. The van der Waals surface area contributed by atoms with Gasteiger partial charge in [-0.15, -0.1) is 0 Å². The van der Waals surface area contributed by atoms with E-state index in [1.807, 2.05) is 6.07 Å². The maximum absolute atomic E-state index is 9.88. The lowest BCUT2D eigenvalue weighted by atomic mass is 9.95. The first-order valence-electron chi connectivity index (χ1n) is 10.1. The van der Waals surface area contributed by atoms with E-state index >= 15 is 0 Å². The van der Waals surface area contributed by atoms with Gasteiger partial charge >= 0.3 is 0 Å². The minimum Gasteiger partial charge on any atom is -0.333 e. The van der Waals surface area contributed by atoms with Crippen LogP contribution in [0.5, 0.6) is 0 Å². The molecule has 0 amide bonds. The van der Waals surface area contributed by atoms with Crippen LogP contribution in [-0.4, -0.2) is 33.2 Å². The SMILES string of the molecule is C[NH+]1CCc2c(C#N)c(NCCc3ccccc3)[nH+]c(N3CCCC3)c2C1. The van der Waals surface area contributed by atoms with E-state index in [1.54, 1.807) is 0 Å². The number of aromatic nitrogens is 1. The number of nitriles is 1. The Hall–Kier alpha value is -2.58. The Labute approximate surface area is 161 Å². The number of hydrogen-bond donors (Lipinski definition) is 2. The molecule has 0 radical (unpaired) electrons. The highest BCUT2D eigenvalue weighted by Gasteiger charge is 2.32. The average molecular weight is 364 g/mol. The molecule has 0 saturated carbocycles. The van der Waals surface area contributed by atoms with Crippen LogP contribution in [0.4, 0.5) is 11.6 Å². The summed E-state index contributed by atoms with van der Waals surface area (Å²) < 4.78 is 0. The molecule has 3 heterocycles. The maximum atomic E-state index is 9.88. The molecular formula is C22H29N5+2. The fourth-order valence-corrected chi connectivity index (χ4v) is 4.34. The van der Waals surface area contributed by atoms with Gasteiger partial charge in [0.15, 0.2) is 0 Å². The molecule has 2 aliphatic rings. The van der Waals surface area contributed by atoms with Gasteiger partial charge in [0.2, 0.25) is 11.6 Å². The van der Waals surface area contributed by atoms with E-state index in [4.69, 9.17) is 0 Å². The van der Waals surface area contributed by atoms with E-state index in [0.717, 1.165) is 56.9 Å². The number of nitrogens with one attached hydrogen (secondary N) is 3. The minimum absolute atomic E-state index is 0.813. The number of hydrogen-bond acceptors (Lipinski definition) is 3. The van der Waals surface area contributed by atoms with Gasteiger partial charge in [-0.1, -0.05) is 30.3 Å². The summed E-state index contributed by atoms with van der Waals surface area (Å²) in [4.78, 5) is 7.61. The number of H-pyrrole nitrogens is 1. The van der Waals surface area contributed by atoms with Crippen LogP contribution in [0.25, 0.3) is 0 Å². The van der Waals surface area contributed by atoms with Crippen molar-refractivity contribution in [2.45, 2.75) is 32.2 Å². The summed E-state index contributed by atoms with van der Waals surface area (Å²) in [5.41, 5.74) is 4.73. The predicted molar refractivity (Wildman–Crippen MR) is 107 cm³/mol. The Kier molecular flexibility index (Phi) is 5.26. The Morgan fingerprint density at radius 3 is 2.70 bits per heavy atom. The van der Waals surface area contributed by atoms with Crippen molar-refractivity contribution >= 4 is 11.6 Å². The van der Waals surface area contributed by atoms with Crippen LogP contribution in [0.1, 0.15) is 35.1 Å². The van der Waals surface area contributed by atoms with Crippen LogP contribution in [-0.2, 0) is 19.4 Å². The molecule has 1 saturated heterocycles. The molecule has 0 aliphatic carbocycles. The van der Waals surface area contributed by atoms with Gasteiger partial charge < -0.3 is 10.2 Å². The molecule has 1 atom stereocenters. The van der Waals surface area contributed by atoms with Crippen molar-refractivity contribution in [2.75, 3.05) is 43.4 Å². The molecule has 1 unspecified atom stereocenters. The second-order valence-corrected chi connectivity index (χ2v) is 7.78. The summed E-state index contributed by atoms with van der Waals surface area (Å²) in [6.45, 7) is 5.12. The fourth-order valence-electron chi connectivity index (χ4n) is 4.34. The number of aromatic amines is 1. The number of likely N-dealkylation sites (N-methyl/N-ethyl adjacent to an activating group) is 1. The van der Waals surface area contributed by atoms with Crippen LogP contribution in [0.2, 0.25) is 0 Å². The van der Waals surface area contributed by atoms with Gasteiger partial charge in [-0.05, 0) is 24.0 Å². The number of nitrogens with zero attached hydrogens (tertiary/aromatic N) is 2. The minimum atomic E-state index is 0.813. The quantitative estimate of drug-likeness (QED) is 0.839. The molecule has 4 rings (SSSR count). The van der Waals surface area contributed by atoms with E-state index in [-0.39, 0.29) is 0 Å². The lowest BCUT2D eigenvalue weighted by Gasteiger charge is -2.26. The molecule has 140 valence electrons. The van der Waals surface area contributed by atoms with Crippen molar-refractivity contribution < 1.29 is 9.88 Å². The summed E-state index contributed by atoms with van der Waals surface area (Å²) >= 11 is 0. The van der Waals surface area contributed by atoms with E-state index in [2.05, 4.69) is 52.6 Å². The number of fused-ring (bicyclic) bond motifs is 1. The fraction of sp³-hybridized carbons (Fsp3) is 0.455. The van der Waals surface area contributed by atoms with Crippen LogP contribution < -0.4 is 20.1 Å². The first-order valence-corrected chi connectivity index (χ1v) is 10.1. The molecular weight excluding hydrogens is 334 g/mol. The zero-order chi connectivity index (χ0) is 18.6. The summed E-state index contributed by atoms with van der Waals surface area (Å²) in [6.07, 6.45) is 4.43. The third-order valence-corrected chi connectivity index (χ3v) is 5.82. The van der Waals surface area contributed by atoms with Crippen molar-refractivity contribution in [3.63, 3.8) is 0 Å². The van der Waals surface area contributed by atoms with E-state index in [0.29, 0.717) is 0 Å². The largest absolute Gasteiger partial charge is 0.333 e. The van der Waals surface area contributed by atoms with Crippen LogP contribution in [0, 0.1) is 11.3 Å². The lowest BCUT2D eigenvalue weighted by molar-refractivity contribution is -0.895. The van der Waals surface area contributed by atoms with Crippen molar-refractivity contribution in [1.29, 1.82) is 5.26 Å². The third-order valence-electron chi connectivity index (χ3n) is 5.82. The topological polar surface area (TPSA) is 57.6 Å². The third kappa shape index (κ3) is 3.77. The molecule has 2 aromatic rings. The second-order valence-electron chi connectivity index (χ2n) is 7.78. The maximum Gasteiger partial charge on any atom is 0.237 e. The van der Waals surface area contributed by atoms with Gasteiger partial charge in [-0.3, -0.25) is 4.90 Å². The number of rotatable bonds is 5. The lowest BCUT2D eigenvalue weighted by Crippen LogP contribution is -3.08. The van der Waals surface area contributed by atoms with Crippen LogP contribution in [0.3, 0.4) is 0 Å². The van der Waals surface area contributed by atoms with Gasteiger partial charge in [0.05, 0.1) is 38.8 Å². The van der Waals surface area contributed by atoms with Crippen molar-refractivity contribution in [1.82, 2.24) is 0 Å². The molecule has 3 N–H and O–H groups in total. The highest BCUT2D eigenvalue weighted by Crippen LogP contribution is 2.29. The molecule has 1 fully saturated rings. The normalized spacial score (nSPS) is 18.8. The Balaban J connectivity index is 1.64. The molecule has 2 aliphatic heterocycles. The van der Waals surface area contributed by atoms with Crippen molar-refractivity contribution in [3.8, 4) is 6.07 Å². The molecule has 5 heteroatoms. The van der Waals surface area contributed by atoms with Crippen LogP contribution >= 0.6 is 0 Å². The highest BCUT2D eigenvalue weighted by molar-refractivity contribution is 5.61. The number of pyridine rings is 1. The van der Waals surface area contributed by atoms with E-state index < -0.39 is 0 Å². The van der Waals surface area contributed by atoms with E-state index in [1.165, 1.54) is 40.2 Å². The predicted octanol–water partition coefficient (Wildman–Crippen LogP) is 1.20. The van der Waals surface area contributed by atoms with Crippen LogP contribution in [0.15, 0.2) is 30.3 Å². The van der Waals surface area contributed by atoms with Crippen molar-refractivity contribution in [2.24, 2.45) is 0 Å². The zero-order valence-corrected chi connectivity index (χ0v) is 16.1. The van der Waals surface area contributed by atoms with Gasteiger partial charge in [-0.25, -0.2) is 4.98 Å². The monoisotopic (exact) mass is 363 g/mol. The number of benzene rings is 1. The van der Waals surface area contributed by atoms with Gasteiger partial charge in [0.1, 0.15) is 18.2 Å². The number of quaternary nitrogens is 1. The molecule has 0 spiro atoms. The Morgan fingerprint density at radius 2 is 1.96 bits per heavy atom. The molecule has 0 bridgehead atoms. The zero-order valence-electron chi connectivity index (χ0n) is 16.1. The van der Waals surface area contributed by atoms with E-state index in [9.17, 15) is 5.26 Å². The highest BCUT2D eigenvalue weighted by atomic mass is 15.2. The average Bonchev–Trinajstić information content (AvgIpc) is 3.23. The smallest absolute Gasteiger partial charge is 0.237 e. The van der Waals surface area contributed by atoms with Gasteiger partial charge in [0.25, 0.3) is 0 Å². The summed E-state index contributed by atoms with van der Waals surface area (Å²) in [5, 5.41) is 13.4. The molecule has 5 nitrogen and oxygen atoms in total. The summed E-state index contributed by atoms with van der Waals surface area (Å²) in [7, 11) is 2.24. The first kappa shape index (κ1) is 17.8. The standard InChI is InChI=1S/C22H27N5/c1-26-14-10-18-19(15-23)21(24-11-9-17-7-3-2-4-8-17)25-22(20(18)16-26)27-12-5-6-13-27/h2-4,7-8H,5-6,9-14,16H2,1H3,(H,24,25)/p+2. The van der Waals surface area contributed by atoms with Gasteiger partial charge in [-0.2, -0.15) is 5.26 Å². The Morgan fingerprint density at radius 1 is 1.19 bits per heavy atom. The molecule has 1 aromatic carbocycles. The second kappa shape index (κ2) is 7.98. The summed E-state index contributed by atoms with van der Waals surface area (Å²) in [6, 6.07) is 13.0. The van der Waals surface area contributed by atoms with Gasteiger partial charge in [0, 0.05) is 12.8 Å². The molecule has 1 aromatic heterocycles. The molecule has 27 heavy (non-hydrogen) atoms. The summed E-state index contributed by atoms with van der Waals surface area (Å²) in [5.74, 6) is 2.14.